The zero-order valence-electron chi connectivity index (χ0n) is 10.3. The maximum Gasteiger partial charge on any atom is 0.338 e. The van der Waals surface area contributed by atoms with Gasteiger partial charge in [-0.25, -0.2) is 4.79 Å². The molecule has 17 heavy (non-hydrogen) atoms. The number of nitrogens with one attached hydrogen (secondary N) is 1. The molecule has 2 N–H and O–H groups in total. The van der Waals surface area contributed by atoms with Crippen molar-refractivity contribution in [3.63, 3.8) is 0 Å². The van der Waals surface area contributed by atoms with Gasteiger partial charge in [-0.1, -0.05) is 25.1 Å². The monoisotopic (exact) mass is 237 g/mol. The Morgan fingerprint density at radius 3 is 2.59 bits per heavy atom. The first-order valence-electron chi connectivity index (χ1n) is 5.59. The Morgan fingerprint density at radius 1 is 1.41 bits per heavy atom. The van der Waals surface area contributed by atoms with Crippen molar-refractivity contribution in [1.29, 1.82) is 0 Å². The first kappa shape index (κ1) is 13.7. The van der Waals surface area contributed by atoms with Gasteiger partial charge >= 0.3 is 5.97 Å². The molecule has 0 aliphatic rings. The number of aliphatic hydroxyl groups excluding tert-OH is 1. The first-order valence-corrected chi connectivity index (χ1v) is 5.59. The summed E-state index contributed by atoms with van der Waals surface area (Å²) in [6, 6.07) is 8.83. The molecule has 0 radical (unpaired) electrons. The molecule has 0 saturated carbocycles. The number of ether oxygens (including phenoxy) is 1. The topological polar surface area (TPSA) is 58.6 Å². The van der Waals surface area contributed by atoms with Crippen LogP contribution in [0, 0.1) is 5.41 Å². The van der Waals surface area contributed by atoms with Crippen molar-refractivity contribution >= 4 is 5.97 Å². The molecule has 4 heteroatoms. The lowest BCUT2D eigenvalue weighted by molar-refractivity contribution is 0.0170. The predicted octanol–water partition coefficient (Wildman–Crippen LogP) is 1.06. The number of aliphatic hydroxyl groups is 1. The summed E-state index contributed by atoms with van der Waals surface area (Å²) in [5.74, 6) is -0.360. The number of benzene rings is 1. The van der Waals surface area contributed by atoms with E-state index >= 15 is 0 Å². The maximum atomic E-state index is 11.7. The number of carbonyl (C=O) groups is 1. The zero-order chi connectivity index (χ0) is 12.7. The Balaban J connectivity index is 2.53. The normalized spacial score (nSPS) is 14.1. The van der Waals surface area contributed by atoms with Gasteiger partial charge in [0.15, 0.2) is 0 Å². The molecule has 0 amide bonds. The van der Waals surface area contributed by atoms with Crippen LogP contribution in [0.15, 0.2) is 30.3 Å². The molecule has 1 aromatic carbocycles. The van der Waals surface area contributed by atoms with E-state index < -0.39 is 5.41 Å². The van der Waals surface area contributed by atoms with Crippen LogP contribution in [-0.4, -0.2) is 37.9 Å². The molecule has 1 atom stereocenters. The number of hydrogen-bond donors (Lipinski definition) is 2. The minimum Gasteiger partial charge on any atom is -0.461 e. The van der Waals surface area contributed by atoms with Crippen molar-refractivity contribution in [1.82, 2.24) is 5.32 Å². The Kier molecular flexibility index (Phi) is 5.12. The second-order valence-electron chi connectivity index (χ2n) is 4.44. The summed E-state index contributed by atoms with van der Waals surface area (Å²) in [5.41, 5.74) is 0.0800. The molecule has 0 aromatic heterocycles. The van der Waals surface area contributed by atoms with Crippen LogP contribution < -0.4 is 5.32 Å². The summed E-state index contributed by atoms with van der Waals surface area (Å²) in [5, 5.41) is 12.2. The Hall–Kier alpha value is -1.39. The van der Waals surface area contributed by atoms with Gasteiger partial charge in [-0.3, -0.25) is 0 Å². The largest absolute Gasteiger partial charge is 0.461 e. The van der Waals surface area contributed by atoms with Gasteiger partial charge in [-0.05, 0) is 19.2 Å². The van der Waals surface area contributed by atoms with Gasteiger partial charge in [0, 0.05) is 12.0 Å². The SMILES string of the molecule is CNCC(C)(CO)COC(=O)c1ccccc1. The van der Waals surface area contributed by atoms with Crippen LogP contribution in [0.1, 0.15) is 17.3 Å². The summed E-state index contributed by atoms with van der Waals surface area (Å²) in [4.78, 5) is 11.7. The van der Waals surface area contributed by atoms with E-state index in [-0.39, 0.29) is 19.2 Å². The van der Waals surface area contributed by atoms with Crippen molar-refractivity contribution in [3.8, 4) is 0 Å². The third-order valence-corrected chi connectivity index (χ3v) is 2.55. The number of esters is 1. The van der Waals surface area contributed by atoms with Crippen LogP contribution in [-0.2, 0) is 4.74 Å². The van der Waals surface area contributed by atoms with Crippen molar-refractivity contribution in [2.24, 2.45) is 5.41 Å². The fraction of sp³-hybridized carbons (Fsp3) is 0.462. The third-order valence-electron chi connectivity index (χ3n) is 2.55. The molecule has 1 aromatic rings. The van der Waals surface area contributed by atoms with E-state index in [1.165, 1.54) is 0 Å². The Labute approximate surface area is 102 Å². The first-order chi connectivity index (χ1) is 8.11. The highest BCUT2D eigenvalue weighted by atomic mass is 16.5. The molecule has 0 aliphatic carbocycles. The molecule has 4 nitrogen and oxygen atoms in total. The predicted molar refractivity (Wildman–Crippen MR) is 65.8 cm³/mol. The molecule has 1 rings (SSSR count). The second kappa shape index (κ2) is 6.37. The van der Waals surface area contributed by atoms with Crippen LogP contribution in [0.2, 0.25) is 0 Å². The van der Waals surface area contributed by atoms with Gasteiger partial charge < -0.3 is 15.2 Å². The Morgan fingerprint density at radius 2 is 2.06 bits per heavy atom. The summed E-state index contributed by atoms with van der Waals surface area (Å²) < 4.78 is 5.20. The van der Waals surface area contributed by atoms with Crippen LogP contribution in [0.3, 0.4) is 0 Å². The van der Waals surface area contributed by atoms with Gasteiger partial charge in [0.05, 0.1) is 12.2 Å². The van der Waals surface area contributed by atoms with E-state index in [9.17, 15) is 9.90 Å². The van der Waals surface area contributed by atoms with Crippen LogP contribution >= 0.6 is 0 Å². The number of hydrogen-bond acceptors (Lipinski definition) is 4. The zero-order valence-corrected chi connectivity index (χ0v) is 10.3. The summed E-state index contributed by atoms with van der Waals surface area (Å²) >= 11 is 0. The molecular formula is C13H19NO3. The fourth-order valence-corrected chi connectivity index (χ4v) is 1.48. The highest BCUT2D eigenvalue weighted by Crippen LogP contribution is 2.15. The minimum atomic E-state index is -0.445. The van der Waals surface area contributed by atoms with Crippen molar-refractivity contribution in [3.05, 3.63) is 35.9 Å². The van der Waals surface area contributed by atoms with Crippen molar-refractivity contribution in [2.75, 3.05) is 26.8 Å². The van der Waals surface area contributed by atoms with E-state index in [2.05, 4.69) is 5.32 Å². The lowest BCUT2D eigenvalue weighted by Crippen LogP contribution is -2.38. The standard InChI is InChI=1S/C13H19NO3/c1-13(9-15,8-14-2)10-17-12(16)11-6-4-3-5-7-11/h3-7,14-15H,8-10H2,1-2H3. The average molecular weight is 237 g/mol. The third kappa shape index (κ3) is 4.17. The summed E-state index contributed by atoms with van der Waals surface area (Å²) in [7, 11) is 1.80. The smallest absolute Gasteiger partial charge is 0.338 e. The van der Waals surface area contributed by atoms with E-state index in [1.54, 1.807) is 31.3 Å². The average Bonchev–Trinajstić information content (AvgIpc) is 2.37. The lowest BCUT2D eigenvalue weighted by Gasteiger charge is -2.26. The highest BCUT2D eigenvalue weighted by Gasteiger charge is 2.25. The summed E-state index contributed by atoms with van der Waals surface area (Å²) in [6.45, 7) is 2.61. The molecule has 0 spiro atoms. The van der Waals surface area contributed by atoms with E-state index in [1.807, 2.05) is 13.0 Å². The molecule has 0 bridgehead atoms. The van der Waals surface area contributed by atoms with Crippen LogP contribution in [0.4, 0.5) is 0 Å². The molecule has 94 valence electrons. The quantitative estimate of drug-likeness (QED) is 0.726. The lowest BCUT2D eigenvalue weighted by atomic mass is 9.93. The van der Waals surface area contributed by atoms with Gasteiger partial charge in [0.2, 0.25) is 0 Å². The van der Waals surface area contributed by atoms with Crippen LogP contribution in [0.25, 0.3) is 0 Å². The van der Waals surface area contributed by atoms with Crippen LogP contribution in [0.5, 0.6) is 0 Å². The number of carbonyl (C=O) groups excluding carboxylic acids is 1. The van der Waals surface area contributed by atoms with E-state index in [0.717, 1.165) is 0 Å². The fourth-order valence-electron chi connectivity index (χ4n) is 1.48. The second-order valence-corrected chi connectivity index (χ2v) is 4.44. The molecule has 0 saturated heterocycles. The van der Waals surface area contributed by atoms with Gasteiger partial charge in [0.25, 0.3) is 0 Å². The molecule has 0 fully saturated rings. The maximum absolute atomic E-state index is 11.7. The van der Waals surface area contributed by atoms with E-state index in [4.69, 9.17) is 4.74 Å². The summed E-state index contributed by atoms with van der Waals surface area (Å²) in [6.07, 6.45) is 0. The molecule has 0 heterocycles. The van der Waals surface area contributed by atoms with Gasteiger partial charge in [-0.15, -0.1) is 0 Å². The van der Waals surface area contributed by atoms with Gasteiger partial charge in [0.1, 0.15) is 6.61 Å². The van der Waals surface area contributed by atoms with E-state index in [0.29, 0.717) is 12.1 Å². The molecular weight excluding hydrogens is 218 g/mol. The molecule has 0 aliphatic heterocycles. The number of rotatable bonds is 6. The highest BCUT2D eigenvalue weighted by molar-refractivity contribution is 5.89. The van der Waals surface area contributed by atoms with Gasteiger partial charge in [-0.2, -0.15) is 0 Å². The minimum absolute atomic E-state index is 0.0318. The Bertz CT molecular complexity index is 353. The van der Waals surface area contributed by atoms with Crippen molar-refractivity contribution < 1.29 is 14.6 Å². The molecule has 1 unspecified atom stereocenters. The van der Waals surface area contributed by atoms with Crippen molar-refractivity contribution in [2.45, 2.75) is 6.92 Å².